The molecule has 4 atom stereocenters. The summed E-state index contributed by atoms with van der Waals surface area (Å²) in [7, 11) is -3.56. The van der Waals surface area contributed by atoms with Crippen LogP contribution in [0.3, 0.4) is 0 Å². The third-order valence-electron chi connectivity index (χ3n) is 6.95. The molecule has 1 aliphatic heterocycles. The molecule has 0 saturated carbocycles. The Morgan fingerprint density at radius 2 is 1.71 bits per heavy atom. The quantitative estimate of drug-likeness (QED) is 0.325. The van der Waals surface area contributed by atoms with E-state index in [4.69, 9.17) is 19.6 Å². The standard InChI is InChI=1S/C22H40N5O5Si2/c1-11(2)33(12(3)4)34(13(5)6,14(7)8)32-22-26-20-16(24-10-25-20)19(23)27(22)21-18(30)17(29)15(9-28)31-21/h10-15,17-18,21,23,28-30H,9H2,1-8H3,(H,24,25)/t15-,17-,18+,21-/m1/s1. The molecule has 191 valence electrons. The van der Waals surface area contributed by atoms with Crippen LogP contribution in [0.1, 0.15) is 61.6 Å². The van der Waals surface area contributed by atoms with Gasteiger partial charge in [-0.3, -0.25) is 5.41 Å². The van der Waals surface area contributed by atoms with Crippen molar-refractivity contribution in [2.75, 3.05) is 6.61 Å². The number of ether oxygens (including phenoxy) is 1. The van der Waals surface area contributed by atoms with Crippen molar-refractivity contribution in [1.82, 2.24) is 19.5 Å². The minimum Gasteiger partial charge on any atom is -0.521 e. The van der Waals surface area contributed by atoms with Crippen LogP contribution >= 0.6 is 0 Å². The van der Waals surface area contributed by atoms with E-state index in [1.807, 2.05) is 0 Å². The average Bonchev–Trinajstić information content (AvgIpc) is 3.32. The number of nitrogens with one attached hydrogen (secondary N) is 2. The van der Waals surface area contributed by atoms with Crippen molar-refractivity contribution in [3.8, 4) is 6.01 Å². The lowest BCUT2D eigenvalue weighted by atomic mass is 10.1. The minimum absolute atomic E-state index is 0.00869. The van der Waals surface area contributed by atoms with Gasteiger partial charge in [0.1, 0.15) is 23.8 Å². The normalized spacial score (nSPS) is 24.0. The summed E-state index contributed by atoms with van der Waals surface area (Å²) in [6.45, 7) is 17.5. The van der Waals surface area contributed by atoms with Crippen molar-refractivity contribution in [2.45, 2.75) is 102 Å². The Hall–Kier alpha value is -1.58. The molecule has 1 fully saturated rings. The molecule has 5 N–H and O–H groups in total. The predicted octanol–water partition coefficient (Wildman–Crippen LogP) is 2.39. The number of rotatable bonds is 9. The molecule has 34 heavy (non-hydrogen) atoms. The first-order chi connectivity index (χ1) is 15.9. The molecule has 0 aliphatic carbocycles. The number of imidazole rings is 1. The molecule has 1 radical (unpaired) electrons. The molecule has 2 aromatic heterocycles. The lowest BCUT2D eigenvalue weighted by Gasteiger charge is -2.47. The molecule has 3 heterocycles. The molecule has 2 aromatic rings. The van der Waals surface area contributed by atoms with Crippen molar-refractivity contribution in [2.24, 2.45) is 0 Å². The summed E-state index contributed by atoms with van der Waals surface area (Å²) in [4.78, 5) is 11.9. The zero-order chi connectivity index (χ0) is 25.5. The maximum absolute atomic E-state index is 10.8. The van der Waals surface area contributed by atoms with E-state index < -0.39 is 47.3 Å². The maximum Gasteiger partial charge on any atom is 0.288 e. The van der Waals surface area contributed by atoms with E-state index in [0.29, 0.717) is 22.2 Å². The van der Waals surface area contributed by atoms with Gasteiger partial charge in [0.2, 0.25) is 7.83 Å². The summed E-state index contributed by atoms with van der Waals surface area (Å²) in [5.41, 5.74) is 2.20. The fourth-order valence-electron chi connectivity index (χ4n) is 5.66. The van der Waals surface area contributed by atoms with E-state index >= 15 is 0 Å². The number of aromatic amines is 1. The molecule has 10 nitrogen and oxygen atoms in total. The third-order valence-corrected chi connectivity index (χ3v) is 24.2. The summed E-state index contributed by atoms with van der Waals surface area (Å²) >= 11 is 0. The van der Waals surface area contributed by atoms with Gasteiger partial charge in [-0.1, -0.05) is 66.5 Å². The third kappa shape index (κ3) is 4.39. The smallest absolute Gasteiger partial charge is 0.288 e. The number of nitrogens with zero attached hydrogens (tertiary/aromatic N) is 3. The zero-order valence-electron chi connectivity index (χ0n) is 21.4. The van der Waals surface area contributed by atoms with Gasteiger partial charge in [0, 0.05) is 0 Å². The lowest BCUT2D eigenvalue weighted by Crippen LogP contribution is -2.64. The topological polar surface area (TPSA) is 150 Å². The van der Waals surface area contributed by atoms with E-state index in [2.05, 4.69) is 65.4 Å². The Kier molecular flexibility index (Phi) is 8.10. The van der Waals surface area contributed by atoms with Crippen LogP contribution in [-0.4, -0.2) is 75.9 Å². The van der Waals surface area contributed by atoms with Gasteiger partial charge in [-0.2, -0.15) is 4.98 Å². The Labute approximate surface area is 203 Å². The SMILES string of the molecule is CC(C)[Si](C(C)C)[Si](Oc1nc2nc[nH]c2c(=N)n1[C@@H]1O[C@H](CO)[C@@H](O)[C@@H]1O)(C(C)C)C(C)C. The molecule has 3 rings (SSSR count). The molecule has 0 aromatic carbocycles. The first kappa shape index (κ1) is 27.0. The van der Waals surface area contributed by atoms with Crippen molar-refractivity contribution in [1.29, 1.82) is 5.41 Å². The second-order valence-corrected chi connectivity index (χ2v) is 21.8. The predicted molar refractivity (Wildman–Crippen MR) is 133 cm³/mol. The maximum atomic E-state index is 10.8. The van der Waals surface area contributed by atoms with Gasteiger partial charge in [-0.15, -0.1) is 0 Å². The lowest BCUT2D eigenvalue weighted by molar-refractivity contribution is -0.0573. The number of hydrogen-bond donors (Lipinski definition) is 5. The fourth-order valence-corrected chi connectivity index (χ4v) is 22.5. The van der Waals surface area contributed by atoms with Gasteiger partial charge in [0.15, 0.2) is 17.4 Å². The van der Waals surface area contributed by atoms with Crippen LogP contribution < -0.4 is 9.91 Å². The van der Waals surface area contributed by atoms with Gasteiger partial charge in [0.05, 0.1) is 21.2 Å². The van der Waals surface area contributed by atoms with Gasteiger partial charge in [-0.25, -0.2) is 9.55 Å². The summed E-state index contributed by atoms with van der Waals surface area (Å²) in [5.74, 6) is 0. The van der Waals surface area contributed by atoms with Gasteiger partial charge < -0.3 is 29.5 Å². The van der Waals surface area contributed by atoms with Gasteiger partial charge in [0.25, 0.3) is 6.01 Å². The van der Waals surface area contributed by atoms with Crippen LogP contribution in [0.4, 0.5) is 0 Å². The van der Waals surface area contributed by atoms with E-state index in [0.717, 1.165) is 0 Å². The van der Waals surface area contributed by atoms with Crippen LogP contribution in [-0.2, 0) is 4.74 Å². The first-order valence-electron chi connectivity index (χ1n) is 12.1. The molecule has 0 unspecified atom stereocenters. The highest BCUT2D eigenvalue weighted by Crippen LogP contribution is 2.44. The number of aliphatic hydroxyl groups is 3. The highest BCUT2D eigenvalue weighted by molar-refractivity contribution is 7.32. The summed E-state index contributed by atoms with van der Waals surface area (Å²) in [5, 5.41) is 39.7. The largest absolute Gasteiger partial charge is 0.521 e. The second kappa shape index (κ2) is 10.2. The number of fused-ring (bicyclic) bond motifs is 1. The summed E-state index contributed by atoms with van der Waals surface area (Å²) in [6, 6.07) is 0.178. The van der Waals surface area contributed by atoms with Crippen LogP contribution in [0.25, 0.3) is 11.2 Å². The molecule has 0 spiro atoms. The molecule has 0 bridgehead atoms. The average molecular weight is 511 g/mol. The van der Waals surface area contributed by atoms with Crippen LogP contribution in [0.5, 0.6) is 6.01 Å². The Morgan fingerprint density at radius 3 is 2.18 bits per heavy atom. The van der Waals surface area contributed by atoms with E-state index in [-0.39, 0.29) is 22.6 Å². The fraction of sp³-hybridized carbons (Fsp3) is 0.773. The number of aliphatic hydroxyl groups excluding tert-OH is 3. The molecule has 0 amide bonds. The second-order valence-electron chi connectivity index (χ2n) is 10.4. The molecular weight excluding hydrogens is 470 g/mol. The molecule has 12 heteroatoms. The number of H-pyrrole nitrogens is 1. The minimum atomic E-state index is -2.54. The number of aromatic nitrogens is 4. The van der Waals surface area contributed by atoms with Crippen LogP contribution in [0.15, 0.2) is 6.33 Å². The highest BCUT2D eigenvalue weighted by Gasteiger charge is 2.55. The summed E-state index contributed by atoms with van der Waals surface area (Å²) in [6.07, 6.45) is -3.29. The monoisotopic (exact) mass is 510 g/mol. The first-order valence-corrected chi connectivity index (χ1v) is 16.8. The van der Waals surface area contributed by atoms with E-state index in [1.54, 1.807) is 0 Å². The summed E-state index contributed by atoms with van der Waals surface area (Å²) < 4.78 is 14.3. The van der Waals surface area contributed by atoms with E-state index in [9.17, 15) is 15.3 Å². The highest BCUT2D eigenvalue weighted by atomic mass is 29.2. The van der Waals surface area contributed by atoms with Gasteiger partial charge in [-0.05, 0) is 11.1 Å². The van der Waals surface area contributed by atoms with Crippen LogP contribution in [0, 0.1) is 5.41 Å². The number of hydrogen-bond acceptors (Lipinski definition) is 8. The van der Waals surface area contributed by atoms with Gasteiger partial charge >= 0.3 is 0 Å². The Balaban J connectivity index is 2.27. The van der Waals surface area contributed by atoms with Crippen molar-refractivity contribution >= 4 is 27.3 Å². The molecule has 1 aliphatic rings. The van der Waals surface area contributed by atoms with Crippen LogP contribution in [0.2, 0.25) is 22.2 Å². The zero-order valence-corrected chi connectivity index (χ0v) is 23.4. The van der Waals surface area contributed by atoms with Crippen molar-refractivity contribution in [3.63, 3.8) is 0 Å². The Morgan fingerprint density at radius 1 is 1.12 bits per heavy atom. The molecule has 1 saturated heterocycles. The van der Waals surface area contributed by atoms with Crippen molar-refractivity contribution in [3.05, 3.63) is 11.8 Å². The van der Waals surface area contributed by atoms with Crippen molar-refractivity contribution < 1.29 is 24.5 Å². The van der Waals surface area contributed by atoms with E-state index in [1.165, 1.54) is 10.9 Å². The molecular formula is C22H40N5O5Si2. The Bertz CT molecular complexity index is 1020.